The van der Waals surface area contributed by atoms with Crippen LogP contribution >= 0.6 is 0 Å². The molecule has 0 radical (unpaired) electrons. The van der Waals surface area contributed by atoms with Crippen LogP contribution in [-0.4, -0.2) is 34.7 Å². The molecule has 6 nitrogen and oxygen atoms in total. The average Bonchev–Trinajstić information content (AvgIpc) is 3.25. The van der Waals surface area contributed by atoms with Crippen molar-refractivity contribution >= 4 is 23.5 Å². The van der Waals surface area contributed by atoms with E-state index in [1.807, 2.05) is 12.2 Å². The van der Waals surface area contributed by atoms with Crippen molar-refractivity contribution in [3.8, 4) is 0 Å². The van der Waals surface area contributed by atoms with Gasteiger partial charge >= 0.3 is 11.9 Å². The summed E-state index contributed by atoms with van der Waals surface area (Å²) in [6.07, 6.45) is 13.5. The Hall–Kier alpha value is -2.76. The van der Waals surface area contributed by atoms with Crippen LogP contribution in [0.2, 0.25) is 0 Å². The van der Waals surface area contributed by atoms with Crippen molar-refractivity contribution in [2.75, 3.05) is 0 Å². The Morgan fingerprint density at radius 1 is 0.700 bits per heavy atom. The second kappa shape index (κ2) is 5.90. The molecule has 0 bridgehead atoms. The maximum Gasteiger partial charge on any atom is 0.331 e. The highest BCUT2D eigenvalue weighted by Gasteiger charge is 2.69. The van der Waals surface area contributed by atoms with Crippen LogP contribution in [0.3, 0.4) is 0 Å². The Kier molecular flexibility index (Phi) is 3.55. The molecule has 6 atom stereocenters. The van der Waals surface area contributed by atoms with Crippen molar-refractivity contribution < 1.29 is 28.7 Å². The van der Waals surface area contributed by atoms with Crippen LogP contribution in [0.5, 0.6) is 0 Å². The zero-order chi connectivity index (χ0) is 20.7. The van der Waals surface area contributed by atoms with E-state index < -0.39 is 23.1 Å². The Morgan fingerprint density at radius 3 is 1.57 bits per heavy atom. The summed E-state index contributed by atoms with van der Waals surface area (Å²) in [5, 5.41) is 0. The van der Waals surface area contributed by atoms with E-state index >= 15 is 0 Å². The van der Waals surface area contributed by atoms with Gasteiger partial charge < -0.3 is 9.47 Å². The third-order valence-electron chi connectivity index (χ3n) is 8.06. The molecule has 0 saturated heterocycles. The minimum Gasteiger partial charge on any atom is -0.447 e. The molecule has 6 aliphatic rings. The maximum absolute atomic E-state index is 12.6. The Labute approximate surface area is 173 Å². The number of esters is 2. The van der Waals surface area contributed by atoms with E-state index in [1.54, 1.807) is 24.3 Å². The largest absolute Gasteiger partial charge is 0.447 e. The summed E-state index contributed by atoms with van der Waals surface area (Å²) in [6.45, 7) is 0. The summed E-state index contributed by atoms with van der Waals surface area (Å²) < 4.78 is 12.1. The topological polar surface area (TPSA) is 86.7 Å². The predicted octanol–water partition coefficient (Wildman–Crippen LogP) is 2.54. The van der Waals surface area contributed by atoms with Crippen LogP contribution in [-0.2, 0) is 28.7 Å². The van der Waals surface area contributed by atoms with Crippen molar-refractivity contribution in [3.63, 3.8) is 0 Å². The SMILES string of the molecule is O=C1C=C[C@@H]2C3=CC(=O)O[C@]3([C@@]34CC[C@@H]5CC(=O)C=C[C@@H]5C3=CC(=O)O4)CC[C@@H]2C1. The minimum atomic E-state index is -1.03. The van der Waals surface area contributed by atoms with Gasteiger partial charge in [-0.25, -0.2) is 9.59 Å². The van der Waals surface area contributed by atoms with E-state index in [-0.39, 0.29) is 35.2 Å². The van der Waals surface area contributed by atoms with Gasteiger partial charge in [0, 0.05) is 36.8 Å². The maximum atomic E-state index is 12.6. The number of hydrogen-bond acceptors (Lipinski definition) is 6. The number of allylic oxidation sites excluding steroid dienone is 4. The summed E-state index contributed by atoms with van der Waals surface area (Å²) in [5.41, 5.74) is -0.396. The van der Waals surface area contributed by atoms with Gasteiger partial charge in [-0.1, -0.05) is 12.2 Å². The molecule has 2 heterocycles. The number of carbonyl (C=O) groups excluding carboxylic acids is 4. The monoisotopic (exact) mass is 406 g/mol. The van der Waals surface area contributed by atoms with Crippen LogP contribution in [0, 0.1) is 23.7 Å². The van der Waals surface area contributed by atoms with E-state index in [1.165, 1.54) is 0 Å². The number of rotatable bonds is 1. The van der Waals surface area contributed by atoms with Gasteiger partial charge in [0.15, 0.2) is 22.8 Å². The van der Waals surface area contributed by atoms with Gasteiger partial charge in [-0.05, 0) is 60.8 Å². The summed E-state index contributed by atoms with van der Waals surface area (Å²) in [6, 6.07) is 0. The molecule has 2 fully saturated rings. The van der Waals surface area contributed by atoms with Gasteiger partial charge in [0.1, 0.15) is 0 Å². The molecule has 0 aromatic heterocycles. The molecular formula is C24H22O6. The fraction of sp³-hybridized carbons (Fsp3) is 0.500. The third kappa shape index (κ3) is 2.19. The van der Waals surface area contributed by atoms with E-state index in [2.05, 4.69) is 0 Å². The first-order valence-corrected chi connectivity index (χ1v) is 10.7. The van der Waals surface area contributed by atoms with Gasteiger partial charge in [0.2, 0.25) is 0 Å². The van der Waals surface area contributed by atoms with Gasteiger partial charge in [-0.3, -0.25) is 9.59 Å². The lowest BCUT2D eigenvalue weighted by Crippen LogP contribution is -2.63. The molecular weight excluding hydrogens is 384 g/mol. The van der Waals surface area contributed by atoms with Gasteiger partial charge in [0.05, 0.1) is 0 Å². The quantitative estimate of drug-likeness (QED) is 0.622. The Morgan fingerprint density at radius 2 is 1.13 bits per heavy atom. The van der Waals surface area contributed by atoms with E-state index in [4.69, 9.17) is 9.47 Å². The number of carbonyl (C=O) groups is 4. The lowest BCUT2D eigenvalue weighted by atomic mass is 9.53. The van der Waals surface area contributed by atoms with Crippen LogP contribution < -0.4 is 0 Å². The highest BCUT2D eigenvalue weighted by Crippen LogP contribution is 2.62. The summed E-state index contributed by atoms with van der Waals surface area (Å²) >= 11 is 0. The first kappa shape index (κ1) is 18.0. The second-order valence-electron chi connectivity index (χ2n) is 9.40. The first-order valence-electron chi connectivity index (χ1n) is 10.7. The minimum absolute atomic E-state index is 0.0703. The van der Waals surface area contributed by atoms with Crippen LogP contribution in [0.15, 0.2) is 47.6 Å². The molecule has 6 rings (SSSR count). The summed E-state index contributed by atoms with van der Waals surface area (Å²) in [5.74, 6) is -0.468. The van der Waals surface area contributed by atoms with E-state index in [9.17, 15) is 19.2 Å². The molecule has 0 aromatic rings. The highest BCUT2D eigenvalue weighted by atomic mass is 16.6. The standard InChI is InChI=1S/C24H22O6/c25-15-1-3-17-13(9-15)5-7-23(19(17)11-21(27)29-23)24-8-6-14-10-16(26)2-4-18(14)20(24)12-22(28)30-24/h1-4,11-14,17-18H,5-10H2/t13-,14-,17+,18+,23-,24-/m1/s1. The smallest absolute Gasteiger partial charge is 0.331 e. The van der Waals surface area contributed by atoms with Gasteiger partial charge in [-0.15, -0.1) is 0 Å². The molecule has 0 amide bonds. The van der Waals surface area contributed by atoms with Gasteiger partial charge in [0.25, 0.3) is 0 Å². The fourth-order valence-corrected chi connectivity index (χ4v) is 6.86. The molecule has 0 aromatic carbocycles. The molecule has 0 N–H and O–H groups in total. The molecule has 4 aliphatic carbocycles. The number of hydrogen-bond donors (Lipinski definition) is 0. The predicted molar refractivity (Wildman–Crippen MR) is 104 cm³/mol. The second-order valence-corrected chi connectivity index (χ2v) is 9.40. The zero-order valence-corrected chi connectivity index (χ0v) is 16.5. The van der Waals surface area contributed by atoms with Crippen molar-refractivity contribution in [2.45, 2.75) is 49.7 Å². The molecule has 30 heavy (non-hydrogen) atoms. The molecule has 2 saturated carbocycles. The van der Waals surface area contributed by atoms with Crippen LogP contribution in [0.1, 0.15) is 38.5 Å². The van der Waals surface area contributed by atoms with Crippen molar-refractivity contribution in [1.29, 1.82) is 0 Å². The number of ketones is 2. The Bertz CT molecular complexity index is 946. The molecule has 0 unspecified atom stereocenters. The summed E-state index contributed by atoms with van der Waals surface area (Å²) in [7, 11) is 0. The Balaban J connectivity index is 1.49. The van der Waals surface area contributed by atoms with E-state index in [0.717, 1.165) is 24.0 Å². The number of fused-ring (bicyclic) bond motifs is 7. The van der Waals surface area contributed by atoms with Crippen LogP contribution in [0.25, 0.3) is 0 Å². The van der Waals surface area contributed by atoms with Crippen molar-refractivity contribution in [2.24, 2.45) is 23.7 Å². The molecule has 2 aliphatic heterocycles. The fourth-order valence-electron chi connectivity index (χ4n) is 6.86. The molecule has 6 heteroatoms. The van der Waals surface area contributed by atoms with Crippen molar-refractivity contribution in [1.82, 2.24) is 0 Å². The van der Waals surface area contributed by atoms with E-state index in [0.29, 0.717) is 25.7 Å². The zero-order valence-electron chi connectivity index (χ0n) is 16.5. The number of ether oxygens (including phenoxy) is 2. The van der Waals surface area contributed by atoms with Crippen molar-refractivity contribution in [3.05, 3.63) is 47.6 Å². The highest BCUT2D eigenvalue weighted by molar-refractivity contribution is 5.94. The van der Waals surface area contributed by atoms with Crippen LogP contribution in [0.4, 0.5) is 0 Å². The lowest BCUT2D eigenvalue weighted by Gasteiger charge is -2.55. The first-order chi connectivity index (χ1) is 14.4. The third-order valence-corrected chi connectivity index (χ3v) is 8.06. The normalized spacial score (nSPS) is 43.7. The van der Waals surface area contributed by atoms with Gasteiger partial charge in [-0.2, -0.15) is 0 Å². The molecule has 154 valence electrons. The summed E-state index contributed by atoms with van der Waals surface area (Å²) in [4.78, 5) is 49.1. The molecule has 0 spiro atoms. The lowest BCUT2D eigenvalue weighted by molar-refractivity contribution is -0.194. The average molecular weight is 406 g/mol.